The van der Waals surface area contributed by atoms with Crippen LogP contribution in [-0.2, 0) is 5.41 Å². The fourth-order valence-electron chi connectivity index (χ4n) is 3.75. The van der Waals surface area contributed by atoms with Gasteiger partial charge in [0.2, 0.25) is 0 Å². The third-order valence-electron chi connectivity index (χ3n) is 5.22. The lowest BCUT2D eigenvalue weighted by molar-refractivity contribution is 0.603. The molecule has 0 aliphatic heterocycles. The fourth-order valence-corrected chi connectivity index (χ4v) is 3.75. The Labute approximate surface area is 146 Å². The molecule has 25 heavy (non-hydrogen) atoms. The van der Waals surface area contributed by atoms with Crippen LogP contribution in [0.15, 0.2) is 83.3 Å². The second-order valence-electron chi connectivity index (χ2n) is 6.86. The Morgan fingerprint density at radius 1 is 0.760 bits per heavy atom. The molecular weight excluding hydrogens is 304 g/mol. The number of fused-ring (bicyclic) bond motifs is 5. The predicted octanol–water partition coefficient (Wildman–Crippen LogP) is 6.58. The molecule has 0 saturated heterocycles. The molecular formula is C24H18O. The zero-order chi connectivity index (χ0) is 16.9. The average Bonchev–Trinajstić information content (AvgIpc) is 2.95. The van der Waals surface area contributed by atoms with Gasteiger partial charge in [0.05, 0.1) is 0 Å². The summed E-state index contributed by atoms with van der Waals surface area (Å²) in [5, 5.41) is 3.68. The number of hydrogen-bond donors (Lipinski definition) is 0. The van der Waals surface area contributed by atoms with E-state index < -0.39 is 0 Å². The van der Waals surface area contributed by atoms with Crippen molar-refractivity contribution in [2.45, 2.75) is 12.3 Å². The first-order chi connectivity index (χ1) is 12.2. The molecule has 1 unspecified atom stereocenters. The summed E-state index contributed by atoms with van der Waals surface area (Å²) in [5.41, 5.74) is 3.26. The maximum atomic E-state index is 6.17. The van der Waals surface area contributed by atoms with Gasteiger partial charge >= 0.3 is 0 Å². The van der Waals surface area contributed by atoms with Crippen LogP contribution in [0.1, 0.15) is 23.8 Å². The highest BCUT2D eigenvalue weighted by molar-refractivity contribution is 6.11. The normalized spacial score (nSPS) is 19.2. The van der Waals surface area contributed by atoms with Crippen LogP contribution in [0.5, 0.6) is 0 Å². The van der Waals surface area contributed by atoms with Crippen LogP contribution in [0.2, 0.25) is 0 Å². The van der Waals surface area contributed by atoms with Gasteiger partial charge in [0.15, 0.2) is 0 Å². The lowest BCUT2D eigenvalue weighted by Crippen LogP contribution is -2.14. The van der Waals surface area contributed by atoms with Gasteiger partial charge in [-0.25, -0.2) is 0 Å². The van der Waals surface area contributed by atoms with E-state index in [-0.39, 0.29) is 5.41 Å². The molecule has 5 rings (SSSR count). The summed E-state index contributed by atoms with van der Waals surface area (Å²) >= 11 is 0. The Morgan fingerprint density at radius 3 is 2.40 bits per heavy atom. The Kier molecular flexibility index (Phi) is 2.98. The fraction of sp³-hybridized carbons (Fsp3) is 0.0833. The Morgan fingerprint density at radius 2 is 1.52 bits per heavy atom. The highest BCUT2D eigenvalue weighted by Crippen LogP contribution is 2.38. The van der Waals surface area contributed by atoms with E-state index >= 15 is 0 Å². The number of furan rings is 1. The lowest BCUT2D eigenvalue weighted by Gasteiger charge is -2.21. The summed E-state index contributed by atoms with van der Waals surface area (Å²) in [6, 6.07) is 23.3. The highest BCUT2D eigenvalue weighted by atomic mass is 16.3. The first-order valence-corrected chi connectivity index (χ1v) is 8.63. The van der Waals surface area contributed by atoms with E-state index in [0.29, 0.717) is 0 Å². The topological polar surface area (TPSA) is 13.1 Å². The van der Waals surface area contributed by atoms with E-state index in [1.54, 1.807) is 0 Å². The van der Waals surface area contributed by atoms with Crippen LogP contribution < -0.4 is 0 Å². The first kappa shape index (κ1) is 14.3. The molecule has 1 nitrogen and oxygen atoms in total. The maximum Gasteiger partial charge on any atom is 0.136 e. The van der Waals surface area contributed by atoms with Gasteiger partial charge in [-0.2, -0.15) is 0 Å². The van der Waals surface area contributed by atoms with Crippen molar-refractivity contribution in [3.05, 3.63) is 95.8 Å². The summed E-state index contributed by atoms with van der Waals surface area (Å²) in [4.78, 5) is 0. The Bertz CT molecular complexity index is 1140. The van der Waals surface area contributed by atoms with Crippen LogP contribution in [0.3, 0.4) is 0 Å². The second kappa shape index (κ2) is 5.22. The minimum atomic E-state index is -0.139. The van der Waals surface area contributed by atoms with Crippen molar-refractivity contribution >= 4 is 33.9 Å². The molecule has 0 bridgehead atoms. The number of benzene rings is 3. The van der Waals surface area contributed by atoms with Gasteiger partial charge in [-0.1, -0.05) is 78.9 Å². The van der Waals surface area contributed by atoms with Crippen molar-refractivity contribution < 1.29 is 4.42 Å². The average molecular weight is 322 g/mol. The van der Waals surface area contributed by atoms with E-state index in [1.807, 2.05) is 0 Å². The van der Waals surface area contributed by atoms with Crippen molar-refractivity contribution in [1.29, 1.82) is 0 Å². The van der Waals surface area contributed by atoms with Gasteiger partial charge in [-0.05, 0) is 35.4 Å². The second-order valence-corrected chi connectivity index (χ2v) is 6.86. The van der Waals surface area contributed by atoms with E-state index in [0.717, 1.165) is 11.3 Å². The molecule has 0 fully saturated rings. The minimum absolute atomic E-state index is 0.139. The molecule has 1 heterocycles. The molecule has 1 atom stereocenters. The Balaban J connectivity index is 1.75. The molecule has 1 heteroatoms. The smallest absolute Gasteiger partial charge is 0.136 e. The van der Waals surface area contributed by atoms with Crippen LogP contribution in [0, 0.1) is 0 Å². The number of hydrogen-bond acceptors (Lipinski definition) is 1. The number of allylic oxidation sites excluding steroid dienone is 2. The SMILES string of the molecule is CC1(c2ccccc2)C=Cc2oc3ccc4ccccc4c3c2C=C1. The summed E-state index contributed by atoms with van der Waals surface area (Å²) in [6.45, 7) is 2.24. The summed E-state index contributed by atoms with van der Waals surface area (Å²) in [5.74, 6) is 0.933. The quantitative estimate of drug-likeness (QED) is 0.385. The summed E-state index contributed by atoms with van der Waals surface area (Å²) < 4.78 is 6.17. The molecule has 3 aromatic carbocycles. The monoisotopic (exact) mass is 322 g/mol. The first-order valence-electron chi connectivity index (χ1n) is 8.63. The third kappa shape index (κ3) is 2.16. The Hall–Kier alpha value is -3.06. The largest absolute Gasteiger partial charge is 0.456 e. The third-order valence-corrected chi connectivity index (χ3v) is 5.22. The van der Waals surface area contributed by atoms with E-state index in [2.05, 4.69) is 98.0 Å². The number of rotatable bonds is 1. The maximum absolute atomic E-state index is 6.17. The van der Waals surface area contributed by atoms with Crippen molar-refractivity contribution in [3.8, 4) is 0 Å². The molecule has 4 aromatic rings. The van der Waals surface area contributed by atoms with Crippen LogP contribution in [0.4, 0.5) is 0 Å². The predicted molar refractivity (Wildman–Crippen MR) is 106 cm³/mol. The van der Waals surface area contributed by atoms with Crippen molar-refractivity contribution in [1.82, 2.24) is 0 Å². The standard InChI is InChI=1S/C24H18O/c1-24(18-8-3-2-4-9-18)15-13-20-21(14-16-24)25-22-12-11-17-7-5-6-10-19(17)23(20)22/h2-16H,1H3. The highest BCUT2D eigenvalue weighted by Gasteiger charge is 2.24. The van der Waals surface area contributed by atoms with Gasteiger partial charge in [0, 0.05) is 16.4 Å². The van der Waals surface area contributed by atoms with Gasteiger partial charge in [-0.3, -0.25) is 0 Å². The van der Waals surface area contributed by atoms with Crippen LogP contribution >= 0.6 is 0 Å². The molecule has 1 aromatic heterocycles. The molecule has 1 aliphatic carbocycles. The zero-order valence-electron chi connectivity index (χ0n) is 14.1. The molecule has 0 N–H and O–H groups in total. The molecule has 0 saturated carbocycles. The van der Waals surface area contributed by atoms with E-state index in [1.165, 1.54) is 27.3 Å². The van der Waals surface area contributed by atoms with Gasteiger partial charge in [0.25, 0.3) is 0 Å². The van der Waals surface area contributed by atoms with Crippen molar-refractivity contribution in [2.24, 2.45) is 0 Å². The lowest BCUT2D eigenvalue weighted by atomic mass is 9.82. The molecule has 0 spiro atoms. The molecule has 1 aliphatic rings. The molecule has 120 valence electrons. The van der Waals surface area contributed by atoms with Crippen molar-refractivity contribution in [3.63, 3.8) is 0 Å². The van der Waals surface area contributed by atoms with Crippen LogP contribution in [-0.4, -0.2) is 0 Å². The van der Waals surface area contributed by atoms with E-state index in [4.69, 9.17) is 4.42 Å². The molecule has 0 amide bonds. The summed E-state index contributed by atoms with van der Waals surface area (Å²) in [6.07, 6.45) is 8.86. The zero-order valence-corrected chi connectivity index (χ0v) is 14.1. The van der Waals surface area contributed by atoms with E-state index in [9.17, 15) is 0 Å². The van der Waals surface area contributed by atoms with Gasteiger partial charge < -0.3 is 4.42 Å². The molecule has 0 radical (unpaired) electrons. The van der Waals surface area contributed by atoms with Crippen molar-refractivity contribution in [2.75, 3.05) is 0 Å². The van der Waals surface area contributed by atoms with Gasteiger partial charge in [-0.15, -0.1) is 0 Å². The van der Waals surface area contributed by atoms with Crippen LogP contribution in [0.25, 0.3) is 33.9 Å². The minimum Gasteiger partial charge on any atom is -0.456 e. The van der Waals surface area contributed by atoms with Gasteiger partial charge in [0.1, 0.15) is 11.3 Å². The summed E-state index contributed by atoms with van der Waals surface area (Å²) in [7, 11) is 0.